The topological polar surface area (TPSA) is 57.1 Å². The van der Waals surface area contributed by atoms with Gasteiger partial charge in [0.25, 0.3) is 0 Å². The van der Waals surface area contributed by atoms with Gasteiger partial charge in [0.1, 0.15) is 6.10 Å². The van der Waals surface area contributed by atoms with E-state index < -0.39 is 0 Å². The summed E-state index contributed by atoms with van der Waals surface area (Å²) >= 11 is 4.85. The third-order valence-corrected chi connectivity index (χ3v) is 10.1. The molecule has 5 nitrogen and oxygen atoms in total. The van der Waals surface area contributed by atoms with Gasteiger partial charge >= 0.3 is 0 Å². The zero-order valence-corrected chi connectivity index (χ0v) is 24.4. The summed E-state index contributed by atoms with van der Waals surface area (Å²) in [6, 6.07) is 0.472. The van der Waals surface area contributed by atoms with Crippen molar-refractivity contribution in [3.8, 4) is 0 Å². The van der Waals surface area contributed by atoms with Crippen molar-refractivity contribution in [3.05, 3.63) is 65.4 Å². The largest absolute Gasteiger partial charge is 0.298 e. The van der Waals surface area contributed by atoms with Crippen molar-refractivity contribution in [2.75, 3.05) is 19.6 Å². The van der Waals surface area contributed by atoms with E-state index in [1.165, 1.54) is 43.1 Å². The Morgan fingerprint density at radius 2 is 2.11 bits per heavy atom. The Morgan fingerprint density at radius 1 is 1.26 bits per heavy atom. The van der Waals surface area contributed by atoms with Crippen LogP contribution in [0.25, 0.3) is 0 Å². The van der Waals surface area contributed by atoms with E-state index in [1.54, 1.807) is 11.1 Å². The minimum atomic E-state index is -0.172. The lowest BCUT2D eigenvalue weighted by molar-refractivity contribution is -0.162. The lowest BCUT2D eigenvalue weighted by Gasteiger charge is -2.60. The van der Waals surface area contributed by atoms with Gasteiger partial charge in [-0.3, -0.25) is 19.9 Å². The zero-order chi connectivity index (χ0) is 24.1. The zero-order valence-electron chi connectivity index (χ0n) is 20.1. The fraction of sp³-hybridized carbons (Fsp3) is 0.536. The third-order valence-electron chi connectivity index (χ3n) is 8.66. The lowest BCUT2D eigenvalue weighted by Crippen LogP contribution is -2.49. The predicted octanol–water partition coefficient (Wildman–Crippen LogP) is 6.24. The van der Waals surface area contributed by atoms with Gasteiger partial charge in [0.05, 0.1) is 6.54 Å². The summed E-state index contributed by atoms with van der Waals surface area (Å²) < 4.78 is 2.71. The minimum absolute atomic E-state index is 0.172. The van der Waals surface area contributed by atoms with Gasteiger partial charge in [-0.15, -0.1) is 0 Å². The van der Waals surface area contributed by atoms with Gasteiger partial charge in [0, 0.05) is 46.1 Å². The van der Waals surface area contributed by atoms with Crippen molar-refractivity contribution < 1.29 is 10.0 Å². The number of rotatable bonds is 8. The summed E-state index contributed by atoms with van der Waals surface area (Å²) in [4.78, 5) is 13.3. The molecule has 7 heteroatoms. The molecule has 0 radical (unpaired) electrons. The summed E-state index contributed by atoms with van der Waals surface area (Å²) in [5.41, 5.74) is 9.42. The standard InChI is InChI=1S/C28H33I2N3O2/c1-16-7-18(28(35-32-34)26(8-16)23-5-4-22-24-12-25(22)27(23)24)15-33-6-2-3-21(33)14-31-13-17-9-19(29)11-20(30)10-17/h4,7-9,11,13,17-18,21,24-25,28,32,34H,2-3,5-6,10,12,14-15H2,1H3. The van der Waals surface area contributed by atoms with E-state index in [0.717, 1.165) is 32.5 Å². The Bertz CT molecular complexity index is 1100. The van der Waals surface area contributed by atoms with Crippen molar-refractivity contribution in [3.63, 3.8) is 0 Å². The second kappa shape index (κ2) is 10.3. The fourth-order valence-corrected chi connectivity index (χ4v) is 9.21. The van der Waals surface area contributed by atoms with Crippen molar-refractivity contribution in [2.24, 2.45) is 28.7 Å². The van der Waals surface area contributed by atoms with Crippen LogP contribution in [0.5, 0.6) is 0 Å². The molecule has 35 heavy (non-hydrogen) atoms. The molecule has 1 saturated heterocycles. The fourth-order valence-electron chi connectivity index (χ4n) is 6.93. The van der Waals surface area contributed by atoms with Crippen LogP contribution in [0.15, 0.2) is 70.4 Å². The smallest absolute Gasteiger partial charge is 0.114 e. The first-order valence-electron chi connectivity index (χ1n) is 12.9. The first kappa shape index (κ1) is 24.7. The first-order chi connectivity index (χ1) is 17.0. The summed E-state index contributed by atoms with van der Waals surface area (Å²) in [6.45, 7) is 5.09. The van der Waals surface area contributed by atoms with E-state index in [-0.39, 0.29) is 12.0 Å². The van der Waals surface area contributed by atoms with Crippen LogP contribution in [0, 0.1) is 23.7 Å². The van der Waals surface area contributed by atoms with E-state index in [9.17, 15) is 5.21 Å². The molecule has 4 fully saturated rings. The Hall–Kier alpha value is -0.590. The Labute approximate surface area is 235 Å². The summed E-state index contributed by atoms with van der Waals surface area (Å²) in [5.74, 6) is 2.03. The van der Waals surface area contributed by atoms with Crippen LogP contribution in [0.3, 0.4) is 0 Å². The highest BCUT2D eigenvalue weighted by atomic mass is 127. The van der Waals surface area contributed by atoms with Crippen LogP contribution in [0.4, 0.5) is 0 Å². The van der Waals surface area contributed by atoms with Crippen LogP contribution < -0.4 is 5.64 Å². The number of likely N-dealkylation sites (tertiary alicyclic amines) is 1. The molecule has 6 aliphatic carbocycles. The van der Waals surface area contributed by atoms with Crippen molar-refractivity contribution >= 4 is 51.4 Å². The molecule has 6 atom stereocenters. The SMILES string of the molecule is CC1=CC(CN2CCCC2CN=CC2C=C(I)C=C(I)C2)C(ONO)C(C2=C3C4CC3C4=CC2)=C1. The van der Waals surface area contributed by atoms with Gasteiger partial charge in [-0.2, -0.15) is 0 Å². The quantitative estimate of drug-likeness (QED) is 0.137. The highest BCUT2D eigenvalue weighted by Crippen LogP contribution is 2.67. The average molecular weight is 697 g/mol. The Balaban J connectivity index is 1.14. The number of nitrogens with one attached hydrogen (secondary N) is 1. The van der Waals surface area contributed by atoms with Crippen molar-refractivity contribution in [2.45, 2.75) is 51.2 Å². The van der Waals surface area contributed by atoms with Gasteiger partial charge in [-0.05, 0) is 112 Å². The molecule has 0 aromatic rings. The maximum Gasteiger partial charge on any atom is 0.114 e. The molecular formula is C28H33I2N3O2. The number of halogens is 2. The first-order valence-corrected chi connectivity index (χ1v) is 15.0. The van der Waals surface area contributed by atoms with Gasteiger partial charge < -0.3 is 0 Å². The summed E-state index contributed by atoms with van der Waals surface area (Å²) in [5, 5.41) is 9.55. The molecule has 1 aliphatic heterocycles. The maximum absolute atomic E-state index is 9.55. The van der Waals surface area contributed by atoms with Crippen LogP contribution in [0.1, 0.15) is 39.0 Å². The molecule has 6 unspecified atom stereocenters. The van der Waals surface area contributed by atoms with E-state index in [4.69, 9.17) is 9.83 Å². The molecule has 1 heterocycles. The summed E-state index contributed by atoms with van der Waals surface area (Å²) in [6.07, 6.45) is 19.5. The van der Waals surface area contributed by atoms with Crippen LogP contribution in [-0.4, -0.2) is 48.1 Å². The molecule has 4 bridgehead atoms. The molecule has 0 spiro atoms. The van der Waals surface area contributed by atoms with Crippen molar-refractivity contribution in [1.82, 2.24) is 10.5 Å². The number of hydrogen-bond acceptors (Lipinski definition) is 5. The number of nitrogens with zero attached hydrogens (tertiary/aromatic N) is 2. The Morgan fingerprint density at radius 3 is 2.86 bits per heavy atom. The van der Waals surface area contributed by atoms with Gasteiger partial charge in [-0.25, -0.2) is 0 Å². The number of allylic oxidation sites excluding steroid dienone is 9. The normalized spacial score (nSPS) is 36.3. The summed E-state index contributed by atoms with van der Waals surface area (Å²) in [7, 11) is 0. The van der Waals surface area contributed by atoms with Gasteiger partial charge in [0.2, 0.25) is 0 Å². The molecule has 0 aromatic carbocycles. The second-order valence-electron chi connectivity index (χ2n) is 10.8. The minimum Gasteiger partial charge on any atom is -0.298 e. The molecule has 7 aliphatic rings. The van der Waals surface area contributed by atoms with E-state index in [2.05, 4.69) is 99.2 Å². The van der Waals surface area contributed by atoms with Crippen LogP contribution >= 0.6 is 45.2 Å². The van der Waals surface area contributed by atoms with Gasteiger partial charge in [0.15, 0.2) is 0 Å². The highest BCUT2D eigenvalue weighted by molar-refractivity contribution is 14.1. The molecular weight excluding hydrogens is 664 g/mol. The molecule has 7 rings (SSSR count). The molecule has 0 amide bonds. The molecule has 0 aromatic heterocycles. The Kier molecular flexibility index (Phi) is 7.27. The second-order valence-corrected chi connectivity index (χ2v) is 13.4. The lowest BCUT2D eigenvalue weighted by atomic mass is 9.44. The van der Waals surface area contributed by atoms with Crippen LogP contribution in [0.2, 0.25) is 0 Å². The molecule has 3 saturated carbocycles. The molecule has 2 N–H and O–H groups in total. The molecule has 186 valence electrons. The van der Waals surface area contributed by atoms with E-state index in [0.29, 0.717) is 23.8 Å². The van der Waals surface area contributed by atoms with E-state index >= 15 is 0 Å². The van der Waals surface area contributed by atoms with Gasteiger partial charge in [-0.1, -0.05) is 46.7 Å². The van der Waals surface area contributed by atoms with Crippen molar-refractivity contribution in [1.29, 1.82) is 0 Å². The average Bonchev–Trinajstić information content (AvgIpc) is 3.20. The monoisotopic (exact) mass is 697 g/mol. The number of aliphatic imine (C=N–C) groups is 1. The third kappa shape index (κ3) is 4.74. The van der Waals surface area contributed by atoms with E-state index in [1.807, 2.05) is 0 Å². The predicted molar refractivity (Wildman–Crippen MR) is 157 cm³/mol. The highest BCUT2D eigenvalue weighted by Gasteiger charge is 2.56. The maximum atomic E-state index is 9.55. The number of hydrogen-bond donors (Lipinski definition) is 2. The van der Waals surface area contributed by atoms with Crippen LogP contribution in [-0.2, 0) is 4.84 Å².